The molecule has 5 nitrogen and oxygen atoms in total. The normalized spacial score (nSPS) is 17.3. The molecule has 156 valence electrons. The van der Waals surface area contributed by atoms with E-state index >= 15 is 0 Å². The lowest BCUT2D eigenvalue weighted by Crippen LogP contribution is -2.39. The number of aliphatic hydroxyl groups is 1. The van der Waals surface area contributed by atoms with Gasteiger partial charge in [-0.3, -0.25) is 4.90 Å². The molecule has 29 heavy (non-hydrogen) atoms. The molecule has 0 radical (unpaired) electrons. The third kappa shape index (κ3) is 6.78. The van der Waals surface area contributed by atoms with Crippen LogP contribution in [-0.4, -0.2) is 54.2 Å². The van der Waals surface area contributed by atoms with Gasteiger partial charge in [-0.1, -0.05) is 41.0 Å². The maximum Gasteiger partial charge on any atom is 0.145 e. The van der Waals surface area contributed by atoms with E-state index in [1.165, 1.54) is 12.1 Å². The first-order valence-electron chi connectivity index (χ1n) is 9.74. The summed E-state index contributed by atoms with van der Waals surface area (Å²) in [5.41, 5.74) is 2.83. The molecule has 0 amide bonds. The first kappa shape index (κ1) is 21.7. The molecule has 0 aliphatic carbocycles. The van der Waals surface area contributed by atoms with Crippen LogP contribution in [0, 0.1) is 5.82 Å². The predicted octanol–water partition coefficient (Wildman–Crippen LogP) is 3.87. The highest BCUT2D eigenvalue weighted by Gasteiger charge is 2.25. The minimum Gasteiger partial charge on any atom is -0.390 e. The number of halogens is 2. The van der Waals surface area contributed by atoms with Crippen LogP contribution >= 0.6 is 11.6 Å². The molecule has 2 aromatic carbocycles. The standard InChI is InChI=1S/C22H26ClFN2O3/c1-2-28-15-20(27)13-26(12-16-3-9-19(24)10-4-16)14-21-11-22(25-29-21)17-5-7-18(23)8-6-17/h3-10,20-21,27H,2,11-15H2,1H3. The summed E-state index contributed by atoms with van der Waals surface area (Å²) >= 11 is 5.95. The SMILES string of the molecule is CCOCC(O)CN(Cc1ccc(F)cc1)CC1CC(c2ccc(Cl)cc2)=NO1. The fourth-order valence-electron chi connectivity index (χ4n) is 3.28. The molecule has 2 unspecified atom stereocenters. The van der Waals surface area contributed by atoms with E-state index in [1.54, 1.807) is 12.1 Å². The number of hydrogen-bond acceptors (Lipinski definition) is 5. The summed E-state index contributed by atoms with van der Waals surface area (Å²) in [6.07, 6.45) is -0.0720. The van der Waals surface area contributed by atoms with Crippen molar-refractivity contribution in [3.05, 3.63) is 70.5 Å². The van der Waals surface area contributed by atoms with E-state index in [0.29, 0.717) is 37.7 Å². The second kappa shape index (κ2) is 10.7. The lowest BCUT2D eigenvalue weighted by atomic mass is 10.0. The fraction of sp³-hybridized carbons (Fsp3) is 0.409. The van der Waals surface area contributed by atoms with Gasteiger partial charge in [0.2, 0.25) is 0 Å². The van der Waals surface area contributed by atoms with Gasteiger partial charge in [-0.2, -0.15) is 0 Å². The molecule has 1 aliphatic rings. The van der Waals surface area contributed by atoms with Crippen LogP contribution in [0.3, 0.4) is 0 Å². The van der Waals surface area contributed by atoms with Crippen molar-refractivity contribution in [3.8, 4) is 0 Å². The first-order chi connectivity index (χ1) is 14.0. The largest absolute Gasteiger partial charge is 0.390 e. The smallest absolute Gasteiger partial charge is 0.145 e. The van der Waals surface area contributed by atoms with Gasteiger partial charge in [0, 0.05) is 37.7 Å². The van der Waals surface area contributed by atoms with Gasteiger partial charge in [-0.05, 0) is 42.3 Å². The maximum atomic E-state index is 13.2. The molecule has 0 saturated carbocycles. The Hall–Kier alpha value is -1.99. The van der Waals surface area contributed by atoms with Crippen molar-refractivity contribution in [2.45, 2.75) is 32.1 Å². The zero-order chi connectivity index (χ0) is 20.6. The van der Waals surface area contributed by atoms with Gasteiger partial charge in [0.25, 0.3) is 0 Å². The molecule has 2 atom stereocenters. The number of hydrogen-bond donors (Lipinski definition) is 1. The van der Waals surface area contributed by atoms with Crippen LogP contribution in [0.4, 0.5) is 4.39 Å². The summed E-state index contributed by atoms with van der Waals surface area (Å²) in [7, 11) is 0. The van der Waals surface area contributed by atoms with Gasteiger partial charge in [-0.25, -0.2) is 4.39 Å². The van der Waals surface area contributed by atoms with Crippen molar-refractivity contribution in [1.29, 1.82) is 0 Å². The second-order valence-electron chi connectivity index (χ2n) is 7.11. The second-order valence-corrected chi connectivity index (χ2v) is 7.55. The summed E-state index contributed by atoms with van der Waals surface area (Å²) in [6.45, 7) is 4.30. The Morgan fingerprint density at radius 3 is 2.66 bits per heavy atom. The Morgan fingerprint density at radius 1 is 1.24 bits per heavy atom. The van der Waals surface area contributed by atoms with Crippen LogP contribution in [-0.2, 0) is 16.1 Å². The fourth-order valence-corrected chi connectivity index (χ4v) is 3.41. The third-order valence-corrected chi connectivity index (χ3v) is 4.93. The van der Waals surface area contributed by atoms with Crippen molar-refractivity contribution in [2.75, 3.05) is 26.3 Å². The Morgan fingerprint density at radius 2 is 1.97 bits per heavy atom. The number of rotatable bonds is 10. The quantitative estimate of drug-likeness (QED) is 0.634. The highest BCUT2D eigenvalue weighted by atomic mass is 35.5. The van der Waals surface area contributed by atoms with E-state index in [-0.39, 0.29) is 18.5 Å². The summed E-state index contributed by atoms with van der Waals surface area (Å²) in [5, 5.41) is 15.2. The minimum atomic E-state index is -0.617. The van der Waals surface area contributed by atoms with Crippen molar-refractivity contribution in [3.63, 3.8) is 0 Å². The van der Waals surface area contributed by atoms with Gasteiger partial charge >= 0.3 is 0 Å². The molecule has 7 heteroatoms. The number of ether oxygens (including phenoxy) is 1. The van der Waals surface area contributed by atoms with Crippen LogP contribution in [0.1, 0.15) is 24.5 Å². The molecule has 0 bridgehead atoms. The van der Waals surface area contributed by atoms with Crippen molar-refractivity contribution in [2.24, 2.45) is 5.16 Å². The van der Waals surface area contributed by atoms with Crippen LogP contribution in [0.25, 0.3) is 0 Å². The molecule has 0 spiro atoms. The van der Waals surface area contributed by atoms with Crippen molar-refractivity contribution < 1.29 is 19.1 Å². The van der Waals surface area contributed by atoms with E-state index in [2.05, 4.69) is 10.1 Å². The molecule has 0 saturated heterocycles. The molecule has 1 aliphatic heterocycles. The Balaban J connectivity index is 1.61. The molecule has 2 aromatic rings. The van der Waals surface area contributed by atoms with Gasteiger partial charge < -0.3 is 14.7 Å². The topological polar surface area (TPSA) is 54.3 Å². The predicted molar refractivity (Wildman–Crippen MR) is 112 cm³/mol. The van der Waals surface area contributed by atoms with Gasteiger partial charge in [0.05, 0.1) is 18.4 Å². The molecule has 0 aromatic heterocycles. The zero-order valence-electron chi connectivity index (χ0n) is 16.4. The summed E-state index contributed by atoms with van der Waals surface area (Å²) in [5.74, 6) is -0.267. The van der Waals surface area contributed by atoms with Crippen molar-refractivity contribution >= 4 is 17.3 Å². The van der Waals surface area contributed by atoms with Crippen molar-refractivity contribution in [1.82, 2.24) is 4.90 Å². The number of oxime groups is 1. The Labute approximate surface area is 175 Å². The molecule has 3 rings (SSSR count). The Kier molecular flexibility index (Phi) is 8.00. The van der Waals surface area contributed by atoms with E-state index in [0.717, 1.165) is 16.8 Å². The summed E-state index contributed by atoms with van der Waals surface area (Å²) < 4.78 is 18.5. The highest BCUT2D eigenvalue weighted by molar-refractivity contribution is 6.30. The highest BCUT2D eigenvalue weighted by Crippen LogP contribution is 2.20. The molecular weight excluding hydrogens is 395 g/mol. The monoisotopic (exact) mass is 420 g/mol. The summed E-state index contributed by atoms with van der Waals surface area (Å²) in [6, 6.07) is 13.9. The summed E-state index contributed by atoms with van der Waals surface area (Å²) in [4.78, 5) is 7.73. The lowest BCUT2D eigenvalue weighted by molar-refractivity contribution is 0.000489. The number of nitrogens with zero attached hydrogens (tertiary/aromatic N) is 2. The molecule has 1 N–H and O–H groups in total. The van der Waals surface area contributed by atoms with Crippen LogP contribution in [0.2, 0.25) is 5.02 Å². The van der Waals surface area contributed by atoms with Crippen LogP contribution in [0.15, 0.2) is 53.7 Å². The van der Waals surface area contributed by atoms with E-state index in [1.807, 2.05) is 31.2 Å². The average Bonchev–Trinajstić information content (AvgIpc) is 3.17. The van der Waals surface area contributed by atoms with E-state index in [9.17, 15) is 9.50 Å². The van der Waals surface area contributed by atoms with Gasteiger partial charge in [0.15, 0.2) is 0 Å². The van der Waals surface area contributed by atoms with Crippen LogP contribution < -0.4 is 0 Å². The minimum absolute atomic E-state index is 0.125. The number of aliphatic hydroxyl groups excluding tert-OH is 1. The molecule has 1 heterocycles. The zero-order valence-corrected chi connectivity index (χ0v) is 17.2. The van der Waals surface area contributed by atoms with E-state index in [4.69, 9.17) is 21.2 Å². The Bertz CT molecular complexity index is 799. The van der Waals surface area contributed by atoms with Gasteiger partial charge in [0.1, 0.15) is 11.9 Å². The molecule has 0 fully saturated rings. The van der Waals surface area contributed by atoms with E-state index < -0.39 is 6.10 Å². The maximum absolute atomic E-state index is 13.2. The average molecular weight is 421 g/mol. The first-order valence-corrected chi connectivity index (χ1v) is 10.1. The van der Waals surface area contributed by atoms with Crippen LogP contribution in [0.5, 0.6) is 0 Å². The number of benzene rings is 2. The third-order valence-electron chi connectivity index (χ3n) is 4.68. The van der Waals surface area contributed by atoms with Gasteiger partial charge in [-0.15, -0.1) is 0 Å². The lowest BCUT2D eigenvalue weighted by Gasteiger charge is -2.27. The molecular formula is C22H26ClFN2O3.